The number of nitrogens with two attached hydrogens (primary N) is 1. The minimum atomic E-state index is 0.455. The van der Waals surface area contributed by atoms with Crippen LogP contribution >= 0.6 is 11.3 Å². The minimum absolute atomic E-state index is 0.455. The van der Waals surface area contributed by atoms with Crippen LogP contribution in [-0.2, 0) is 0 Å². The first-order chi connectivity index (χ1) is 9.15. The monoisotopic (exact) mass is 277 g/mol. The van der Waals surface area contributed by atoms with Gasteiger partial charge in [0.1, 0.15) is 4.88 Å². The van der Waals surface area contributed by atoms with Crippen LogP contribution in [0.3, 0.4) is 0 Å². The van der Waals surface area contributed by atoms with Gasteiger partial charge in [0.25, 0.3) is 5.89 Å². The summed E-state index contributed by atoms with van der Waals surface area (Å²) >= 11 is 1.57. The molecule has 19 heavy (non-hydrogen) atoms. The van der Waals surface area contributed by atoms with Crippen molar-refractivity contribution in [3.05, 3.63) is 16.8 Å². The third-order valence-corrected chi connectivity index (χ3v) is 5.14. The van der Waals surface area contributed by atoms with Crippen LogP contribution in [0.4, 0.5) is 5.69 Å². The Kier molecular flexibility index (Phi) is 3.31. The molecule has 5 heteroatoms. The van der Waals surface area contributed by atoms with Crippen LogP contribution < -0.4 is 5.73 Å². The van der Waals surface area contributed by atoms with Gasteiger partial charge in [0, 0.05) is 5.92 Å². The van der Waals surface area contributed by atoms with Crippen molar-refractivity contribution in [1.29, 1.82) is 0 Å². The molecule has 2 heterocycles. The van der Waals surface area contributed by atoms with Crippen molar-refractivity contribution in [2.45, 2.75) is 45.4 Å². The minimum Gasteiger partial charge on any atom is -0.397 e. The first kappa shape index (κ1) is 12.7. The number of hydrogen-bond donors (Lipinski definition) is 1. The van der Waals surface area contributed by atoms with E-state index in [4.69, 9.17) is 10.3 Å². The Bertz CT molecular complexity index is 567. The van der Waals surface area contributed by atoms with Gasteiger partial charge in [0.2, 0.25) is 0 Å². The average molecular weight is 277 g/mol. The summed E-state index contributed by atoms with van der Waals surface area (Å²) in [6, 6.07) is 0. The molecule has 2 N–H and O–H groups in total. The Morgan fingerprint density at radius 3 is 2.68 bits per heavy atom. The molecule has 0 atom stereocenters. The molecule has 102 valence electrons. The van der Waals surface area contributed by atoms with Crippen molar-refractivity contribution in [2.75, 3.05) is 5.73 Å². The number of nitrogen functional groups attached to an aromatic ring is 1. The van der Waals surface area contributed by atoms with E-state index in [1.54, 1.807) is 11.3 Å². The molecule has 4 nitrogen and oxygen atoms in total. The zero-order valence-corrected chi connectivity index (χ0v) is 12.2. The standard InChI is InChI=1S/C14H19N3OS/c1-8-3-5-10(6-4-8)13-16-14(18-17-13)12-11(15)9(2)7-19-12/h7-8,10H,3-6,15H2,1-2H3. The van der Waals surface area contributed by atoms with Crippen molar-refractivity contribution in [3.63, 3.8) is 0 Å². The van der Waals surface area contributed by atoms with E-state index in [0.29, 0.717) is 11.8 Å². The maximum atomic E-state index is 6.02. The van der Waals surface area contributed by atoms with Gasteiger partial charge in [-0.05, 0) is 36.6 Å². The third kappa shape index (κ3) is 2.39. The number of hydrogen-bond acceptors (Lipinski definition) is 5. The van der Waals surface area contributed by atoms with Gasteiger partial charge in [-0.15, -0.1) is 11.3 Å². The molecule has 1 aliphatic carbocycles. The van der Waals surface area contributed by atoms with Gasteiger partial charge in [-0.25, -0.2) is 0 Å². The maximum absolute atomic E-state index is 6.02. The highest BCUT2D eigenvalue weighted by atomic mass is 32.1. The lowest BCUT2D eigenvalue weighted by Gasteiger charge is -2.23. The van der Waals surface area contributed by atoms with E-state index in [1.807, 2.05) is 12.3 Å². The summed E-state index contributed by atoms with van der Waals surface area (Å²) in [6.45, 7) is 4.31. The van der Waals surface area contributed by atoms with Crippen molar-refractivity contribution >= 4 is 17.0 Å². The van der Waals surface area contributed by atoms with Gasteiger partial charge in [-0.3, -0.25) is 0 Å². The van der Waals surface area contributed by atoms with Crippen molar-refractivity contribution in [1.82, 2.24) is 10.1 Å². The molecule has 1 aliphatic rings. The van der Waals surface area contributed by atoms with Crippen LogP contribution in [0.15, 0.2) is 9.90 Å². The molecule has 0 radical (unpaired) electrons. The highest BCUT2D eigenvalue weighted by Crippen LogP contribution is 2.37. The number of aryl methyl sites for hydroxylation is 1. The molecule has 0 bridgehead atoms. The zero-order valence-electron chi connectivity index (χ0n) is 11.3. The number of nitrogens with zero attached hydrogens (tertiary/aromatic N) is 2. The lowest BCUT2D eigenvalue weighted by Crippen LogP contribution is -2.11. The molecule has 1 saturated carbocycles. The smallest absolute Gasteiger partial charge is 0.270 e. The molecule has 0 spiro atoms. The zero-order chi connectivity index (χ0) is 13.4. The first-order valence-electron chi connectivity index (χ1n) is 6.82. The number of thiophene rings is 1. The van der Waals surface area contributed by atoms with E-state index in [2.05, 4.69) is 17.1 Å². The largest absolute Gasteiger partial charge is 0.397 e. The molecule has 0 saturated heterocycles. The van der Waals surface area contributed by atoms with Gasteiger partial charge in [-0.2, -0.15) is 4.98 Å². The Balaban J connectivity index is 1.82. The Labute approximate surface area is 117 Å². The van der Waals surface area contributed by atoms with E-state index in [1.165, 1.54) is 25.7 Å². The summed E-state index contributed by atoms with van der Waals surface area (Å²) in [5, 5.41) is 6.18. The van der Waals surface area contributed by atoms with E-state index in [-0.39, 0.29) is 0 Å². The lowest BCUT2D eigenvalue weighted by molar-refractivity contribution is 0.329. The van der Waals surface area contributed by atoms with E-state index in [0.717, 1.165) is 27.9 Å². The number of aromatic nitrogens is 2. The third-order valence-electron chi connectivity index (χ3n) is 4.04. The Morgan fingerprint density at radius 1 is 1.32 bits per heavy atom. The van der Waals surface area contributed by atoms with Crippen LogP contribution in [0.2, 0.25) is 0 Å². The molecule has 0 amide bonds. The molecule has 2 aromatic heterocycles. The summed E-state index contributed by atoms with van der Waals surface area (Å²) in [5.41, 5.74) is 7.86. The van der Waals surface area contributed by atoms with E-state index >= 15 is 0 Å². The van der Waals surface area contributed by atoms with Gasteiger partial charge < -0.3 is 10.3 Å². The maximum Gasteiger partial charge on any atom is 0.270 e. The first-order valence-corrected chi connectivity index (χ1v) is 7.70. The van der Waals surface area contributed by atoms with Crippen molar-refractivity contribution < 1.29 is 4.52 Å². The van der Waals surface area contributed by atoms with Crippen LogP contribution in [0.5, 0.6) is 0 Å². The fraction of sp³-hybridized carbons (Fsp3) is 0.571. The normalized spacial score (nSPS) is 23.7. The van der Waals surface area contributed by atoms with Gasteiger partial charge >= 0.3 is 0 Å². The molecular formula is C14H19N3OS. The highest BCUT2D eigenvalue weighted by molar-refractivity contribution is 7.14. The quantitative estimate of drug-likeness (QED) is 0.901. The summed E-state index contributed by atoms with van der Waals surface area (Å²) < 4.78 is 5.39. The second-order valence-corrected chi connectivity index (χ2v) is 6.46. The average Bonchev–Trinajstić information content (AvgIpc) is 2.99. The van der Waals surface area contributed by atoms with Crippen molar-refractivity contribution in [3.8, 4) is 10.8 Å². The molecule has 1 fully saturated rings. The van der Waals surface area contributed by atoms with Crippen LogP contribution in [0.25, 0.3) is 10.8 Å². The Morgan fingerprint density at radius 2 is 2.05 bits per heavy atom. The molecule has 0 unspecified atom stereocenters. The van der Waals surface area contributed by atoms with Gasteiger partial charge in [0.05, 0.1) is 5.69 Å². The fourth-order valence-corrected chi connectivity index (χ4v) is 3.52. The lowest BCUT2D eigenvalue weighted by atomic mass is 9.83. The van der Waals surface area contributed by atoms with Crippen LogP contribution in [-0.4, -0.2) is 10.1 Å². The topological polar surface area (TPSA) is 64.9 Å². The Hall–Kier alpha value is -1.36. The van der Waals surface area contributed by atoms with Crippen molar-refractivity contribution in [2.24, 2.45) is 5.92 Å². The van der Waals surface area contributed by atoms with Crippen LogP contribution in [0.1, 0.15) is 49.9 Å². The fourth-order valence-electron chi connectivity index (χ4n) is 2.63. The second-order valence-electron chi connectivity index (χ2n) is 5.58. The number of rotatable bonds is 2. The molecule has 0 aromatic carbocycles. The summed E-state index contributed by atoms with van der Waals surface area (Å²) in [7, 11) is 0. The second kappa shape index (κ2) is 4.96. The molecular weight excluding hydrogens is 258 g/mol. The van der Waals surface area contributed by atoms with Crippen LogP contribution in [0, 0.1) is 12.8 Å². The SMILES string of the molecule is Cc1csc(-c2nc(C3CCC(C)CC3)no2)c1N. The predicted molar refractivity (Wildman–Crippen MR) is 77.1 cm³/mol. The molecule has 3 rings (SSSR count). The summed E-state index contributed by atoms with van der Waals surface area (Å²) in [4.78, 5) is 5.46. The predicted octanol–water partition coefficient (Wildman–Crippen LogP) is 3.98. The van der Waals surface area contributed by atoms with Gasteiger partial charge in [-0.1, -0.05) is 24.9 Å². The van der Waals surface area contributed by atoms with E-state index in [9.17, 15) is 0 Å². The van der Waals surface area contributed by atoms with E-state index < -0.39 is 0 Å². The highest BCUT2D eigenvalue weighted by Gasteiger charge is 2.25. The number of anilines is 1. The molecule has 2 aromatic rings. The molecule has 0 aliphatic heterocycles. The summed E-state index contributed by atoms with van der Waals surface area (Å²) in [6.07, 6.45) is 4.85. The van der Waals surface area contributed by atoms with Gasteiger partial charge in [0.15, 0.2) is 5.82 Å². The summed E-state index contributed by atoms with van der Waals surface area (Å²) in [5.74, 6) is 2.71.